The maximum Gasteiger partial charge on any atom is 0.0465 e. The molecule has 0 spiro atoms. The molecule has 2 atom stereocenters. The maximum absolute atomic E-state index is 2.48. The molecular formula is C60H43N. The fraction of sp³-hybridized carbons (Fsp3) is 0.0667. The van der Waals surface area contributed by atoms with E-state index < -0.39 is 0 Å². The highest BCUT2D eigenvalue weighted by atomic mass is 15.1. The SMILES string of the molecule is CC1(c2ccccc2)c2ccccc2-c2ccc(N(c3ccc(-c4cc5ccccc5c5ccccc45)cc3)c3ccc4c(c3)C(C)(c3ccccc3)c3ccccc3-4)cc21. The van der Waals surface area contributed by atoms with Crippen molar-refractivity contribution in [1.82, 2.24) is 0 Å². The minimum Gasteiger partial charge on any atom is -0.310 e. The summed E-state index contributed by atoms with van der Waals surface area (Å²) in [4.78, 5) is 2.48. The average Bonchev–Trinajstić information content (AvgIpc) is 3.75. The van der Waals surface area contributed by atoms with Gasteiger partial charge in [-0.25, -0.2) is 0 Å². The summed E-state index contributed by atoms with van der Waals surface area (Å²) in [5, 5.41) is 5.08. The molecule has 2 aliphatic rings. The van der Waals surface area contributed by atoms with E-state index in [0.717, 1.165) is 17.1 Å². The second kappa shape index (κ2) is 13.5. The van der Waals surface area contributed by atoms with Crippen LogP contribution in [0.5, 0.6) is 0 Å². The fourth-order valence-corrected chi connectivity index (χ4v) is 10.9. The number of rotatable bonds is 6. The van der Waals surface area contributed by atoms with Crippen LogP contribution in [0.15, 0.2) is 224 Å². The molecule has 2 aliphatic carbocycles. The van der Waals surface area contributed by atoms with Crippen molar-refractivity contribution in [3.63, 3.8) is 0 Å². The molecule has 0 aliphatic heterocycles. The predicted octanol–water partition coefficient (Wildman–Crippen LogP) is 15.8. The number of nitrogens with zero attached hydrogens (tertiary/aromatic N) is 1. The second-order valence-corrected chi connectivity index (χ2v) is 17.1. The van der Waals surface area contributed by atoms with E-state index in [1.54, 1.807) is 0 Å². The van der Waals surface area contributed by atoms with E-state index in [4.69, 9.17) is 0 Å². The predicted molar refractivity (Wildman–Crippen MR) is 256 cm³/mol. The van der Waals surface area contributed by atoms with Crippen LogP contribution >= 0.6 is 0 Å². The standard InChI is InChI=1S/C60H43N/c1-59(42-18-5-3-6-19-42)55-27-15-13-25-50(55)52-35-33-45(38-57(52)59)61(44-31-29-40(30-32-44)54-37-41-17-9-10-22-47(41)48-23-11-12-24-49(48)54)46-34-36-53-51-26-14-16-28-56(51)60(2,58(53)39-46)43-20-7-4-8-21-43/h3-39H,1-2H3. The van der Waals surface area contributed by atoms with Crippen LogP contribution in [0.2, 0.25) is 0 Å². The van der Waals surface area contributed by atoms with Crippen LogP contribution in [0.3, 0.4) is 0 Å². The third kappa shape index (κ3) is 5.20. The molecule has 0 amide bonds. The van der Waals surface area contributed by atoms with Crippen LogP contribution < -0.4 is 4.90 Å². The lowest BCUT2D eigenvalue weighted by Gasteiger charge is -2.32. The first-order valence-corrected chi connectivity index (χ1v) is 21.4. The highest BCUT2D eigenvalue weighted by Crippen LogP contribution is 2.56. The highest BCUT2D eigenvalue weighted by molar-refractivity contribution is 6.13. The molecule has 10 aromatic carbocycles. The molecule has 12 rings (SSSR count). The van der Waals surface area contributed by atoms with Gasteiger partial charge >= 0.3 is 0 Å². The van der Waals surface area contributed by atoms with Gasteiger partial charge in [0.1, 0.15) is 0 Å². The van der Waals surface area contributed by atoms with E-state index >= 15 is 0 Å². The highest BCUT2D eigenvalue weighted by Gasteiger charge is 2.43. The lowest BCUT2D eigenvalue weighted by molar-refractivity contribution is 0.713. The van der Waals surface area contributed by atoms with E-state index in [1.165, 1.54) is 88.3 Å². The van der Waals surface area contributed by atoms with Crippen LogP contribution in [0.1, 0.15) is 47.2 Å². The Labute approximate surface area is 357 Å². The molecule has 0 bridgehead atoms. The van der Waals surface area contributed by atoms with Gasteiger partial charge in [-0.1, -0.05) is 182 Å². The zero-order valence-electron chi connectivity index (χ0n) is 34.3. The normalized spacial score (nSPS) is 17.1. The summed E-state index contributed by atoms with van der Waals surface area (Å²) in [6, 6.07) is 83.5. The Morgan fingerprint density at radius 2 is 0.721 bits per heavy atom. The summed E-state index contributed by atoms with van der Waals surface area (Å²) in [5.74, 6) is 0. The van der Waals surface area contributed by atoms with Crippen molar-refractivity contribution in [3.8, 4) is 33.4 Å². The molecule has 0 fully saturated rings. The Balaban J connectivity index is 1.07. The molecule has 0 saturated carbocycles. The van der Waals surface area contributed by atoms with Gasteiger partial charge in [0.25, 0.3) is 0 Å². The van der Waals surface area contributed by atoms with E-state index in [9.17, 15) is 0 Å². The quantitative estimate of drug-likeness (QED) is 0.152. The Bertz CT molecular complexity index is 3180. The van der Waals surface area contributed by atoms with Crippen molar-refractivity contribution in [1.29, 1.82) is 0 Å². The summed E-state index contributed by atoms with van der Waals surface area (Å²) in [6.45, 7) is 4.81. The van der Waals surface area contributed by atoms with E-state index in [2.05, 4.69) is 243 Å². The van der Waals surface area contributed by atoms with Crippen LogP contribution in [0, 0.1) is 0 Å². The minimum absolute atomic E-state index is 0.318. The second-order valence-electron chi connectivity index (χ2n) is 17.1. The number of benzene rings is 10. The molecule has 0 aromatic heterocycles. The molecule has 0 heterocycles. The van der Waals surface area contributed by atoms with Gasteiger partial charge in [-0.3, -0.25) is 0 Å². The summed E-state index contributed by atoms with van der Waals surface area (Å²) in [6.07, 6.45) is 0. The van der Waals surface area contributed by atoms with Gasteiger partial charge in [-0.2, -0.15) is 0 Å². The van der Waals surface area contributed by atoms with Crippen LogP contribution in [-0.4, -0.2) is 0 Å². The molecule has 0 radical (unpaired) electrons. The van der Waals surface area contributed by atoms with Gasteiger partial charge in [0, 0.05) is 27.9 Å². The maximum atomic E-state index is 2.48. The number of hydrogen-bond donors (Lipinski definition) is 0. The van der Waals surface area contributed by atoms with E-state index in [0.29, 0.717) is 0 Å². The topological polar surface area (TPSA) is 3.24 Å². The minimum atomic E-state index is -0.318. The van der Waals surface area contributed by atoms with Crippen molar-refractivity contribution in [2.75, 3.05) is 4.90 Å². The van der Waals surface area contributed by atoms with Crippen molar-refractivity contribution in [3.05, 3.63) is 258 Å². The van der Waals surface area contributed by atoms with Gasteiger partial charge in [0.15, 0.2) is 0 Å². The number of hydrogen-bond acceptors (Lipinski definition) is 1. The average molecular weight is 778 g/mol. The summed E-state index contributed by atoms with van der Waals surface area (Å²) in [7, 11) is 0. The monoisotopic (exact) mass is 777 g/mol. The van der Waals surface area contributed by atoms with Gasteiger partial charge in [-0.05, 0) is 145 Å². The van der Waals surface area contributed by atoms with E-state index in [-0.39, 0.29) is 10.8 Å². The van der Waals surface area contributed by atoms with Crippen molar-refractivity contribution in [2.45, 2.75) is 24.7 Å². The molecule has 288 valence electrons. The van der Waals surface area contributed by atoms with Crippen LogP contribution in [0.4, 0.5) is 17.1 Å². The van der Waals surface area contributed by atoms with Crippen LogP contribution in [0.25, 0.3) is 54.9 Å². The third-order valence-corrected chi connectivity index (χ3v) is 14.0. The van der Waals surface area contributed by atoms with Crippen molar-refractivity contribution < 1.29 is 0 Å². The smallest absolute Gasteiger partial charge is 0.0465 e. The zero-order chi connectivity index (χ0) is 40.7. The Kier molecular flexibility index (Phi) is 7.86. The third-order valence-electron chi connectivity index (χ3n) is 14.0. The number of fused-ring (bicyclic) bond motifs is 9. The van der Waals surface area contributed by atoms with Gasteiger partial charge in [-0.15, -0.1) is 0 Å². The lowest BCUT2D eigenvalue weighted by atomic mass is 9.74. The summed E-state index contributed by atoms with van der Waals surface area (Å²) >= 11 is 0. The summed E-state index contributed by atoms with van der Waals surface area (Å²) < 4.78 is 0. The van der Waals surface area contributed by atoms with Gasteiger partial charge < -0.3 is 4.90 Å². The Hall–Kier alpha value is -7.48. The van der Waals surface area contributed by atoms with Crippen molar-refractivity contribution >= 4 is 38.6 Å². The largest absolute Gasteiger partial charge is 0.310 e. The molecule has 1 heteroatoms. The zero-order valence-corrected chi connectivity index (χ0v) is 34.3. The Morgan fingerprint density at radius 1 is 0.295 bits per heavy atom. The molecular weight excluding hydrogens is 735 g/mol. The first-order chi connectivity index (χ1) is 30.0. The summed E-state index contributed by atoms with van der Waals surface area (Å²) in [5.41, 5.74) is 18.3. The van der Waals surface area contributed by atoms with Gasteiger partial charge in [0.2, 0.25) is 0 Å². The first kappa shape index (κ1) is 35.5. The lowest BCUT2D eigenvalue weighted by Crippen LogP contribution is -2.23. The molecule has 61 heavy (non-hydrogen) atoms. The molecule has 0 N–H and O–H groups in total. The fourth-order valence-electron chi connectivity index (χ4n) is 10.9. The molecule has 2 unspecified atom stereocenters. The van der Waals surface area contributed by atoms with Gasteiger partial charge in [0.05, 0.1) is 0 Å². The molecule has 10 aromatic rings. The molecule has 0 saturated heterocycles. The first-order valence-electron chi connectivity index (χ1n) is 21.4. The number of anilines is 3. The Morgan fingerprint density at radius 3 is 1.28 bits per heavy atom. The molecule has 1 nitrogen and oxygen atoms in total. The van der Waals surface area contributed by atoms with Crippen molar-refractivity contribution in [2.24, 2.45) is 0 Å². The van der Waals surface area contributed by atoms with Crippen LogP contribution in [-0.2, 0) is 10.8 Å². The van der Waals surface area contributed by atoms with E-state index in [1.807, 2.05) is 0 Å².